The van der Waals surface area contributed by atoms with E-state index in [2.05, 4.69) is 10.3 Å². The van der Waals surface area contributed by atoms with Gasteiger partial charge in [-0.05, 0) is 29.3 Å². The minimum atomic E-state index is -4.59. The molecule has 2 aromatic carbocycles. The molecule has 1 heterocycles. The zero-order chi connectivity index (χ0) is 22.1. The summed E-state index contributed by atoms with van der Waals surface area (Å²) < 4.78 is 46.4. The van der Waals surface area contributed by atoms with Crippen LogP contribution >= 0.6 is 11.6 Å². The molecular weight excluding hydrogens is 417 g/mol. The second-order valence-corrected chi connectivity index (χ2v) is 8.26. The predicted molar refractivity (Wildman–Crippen MR) is 107 cm³/mol. The molecule has 0 bridgehead atoms. The van der Waals surface area contributed by atoms with Gasteiger partial charge >= 0.3 is 6.18 Å². The highest BCUT2D eigenvalue weighted by molar-refractivity contribution is 6.30. The van der Waals surface area contributed by atoms with E-state index in [0.29, 0.717) is 16.5 Å². The number of amides is 1. The number of hydrogen-bond acceptors (Lipinski definition) is 3. The Kier molecular flexibility index (Phi) is 5.94. The molecule has 0 spiro atoms. The number of oxazole rings is 1. The van der Waals surface area contributed by atoms with E-state index in [-0.39, 0.29) is 11.3 Å². The van der Waals surface area contributed by atoms with Crippen LogP contribution in [0.3, 0.4) is 0 Å². The van der Waals surface area contributed by atoms with Gasteiger partial charge in [0.15, 0.2) is 0 Å². The van der Waals surface area contributed by atoms with Gasteiger partial charge in [0.05, 0.1) is 17.8 Å². The van der Waals surface area contributed by atoms with Gasteiger partial charge in [0.2, 0.25) is 11.7 Å². The normalized spacial score (nSPS) is 13.2. The molecule has 1 N–H and O–H groups in total. The van der Waals surface area contributed by atoms with E-state index in [1.54, 1.807) is 24.3 Å². The monoisotopic (exact) mass is 436 g/mol. The van der Waals surface area contributed by atoms with E-state index in [1.807, 2.05) is 20.8 Å². The van der Waals surface area contributed by atoms with Crippen LogP contribution in [0.4, 0.5) is 13.2 Å². The molecule has 0 aliphatic heterocycles. The minimum Gasteiger partial charge on any atom is -0.435 e. The maximum atomic E-state index is 13.6. The fourth-order valence-corrected chi connectivity index (χ4v) is 3.06. The first-order valence-electron chi connectivity index (χ1n) is 9.15. The summed E-state index contributed by atoms with van der Waals surface area (Å²) in [5.41, 5.74) is -0.897. The van der Waals surface area contributed by atoms with Crippen LogP contribution in [0.1, 0.15) is 59.9 Å². The van der Waals surface area contributed by atoms with E-state index in [4.69, 9.17) is 16.0 Å². The first-order valence-corrected chi connectivity index (χ1v) is 9.53. The van der Waals surface area contributed by atoms with Crippen LogP contribution in [-0.2, 0) is 11.6 Å². The molecule has 158 valence electrons. The number of alkyl halides is 3. The van der Waals surface area contributed by atoms with Crippen molar-refractivity contribution in [1.29, 1.82) is 0 Å². The Bertz CT molecular complexity index is 1040. The number of nitrogens with zero attached hydrogens (tertiary/aromatic N) is 1. The van der Waals surface area contributed by atoms with Crippen molar-refractivity contribution in [2.75, 3.05) is 0 Å². The maximum Gasteiger partial charge on any atom is 0.416 e. The summed E-state index contributed by atoms with van der Waals surface area (Å²) in [5.74, 6) is -0.398. The Labute approximate surface area is 177 Å². The average molecular weight is 437 g/mol. The zero-order valence-electron chi connectivity index (χ0n) is 16.5. The molecule has 1 aromatic heterocycles. The highest BCUT2D eigenvalue weighted by Crippen LogP contribution is 2.37. The lowest BCUT2D eigenvalue weighted by atomic mass is 9.94. The van der Waals surface area contributed by atoms with Gasteiger partial charge in [-0.3, -0.25) is 4.79 Å². The van der Waals surface area contributed by atoms with Crippen LogP contribution in [-0.4, -0.2) is 10.9 Å². The average Bonchev–Trinajstić information content (AvgIpc) is 3.17. The summed E-state index contributed by atoms with van der Waals surface area (Å²) in [7, 11) is 0. The fraction of sp³-hybridized carbons (Fsp3) is 0.273. The zero-order valence-corrected chi connectivity index (χ0v) is 17.3. The summed E-state index contributed by atoms with van der Waals surface area (Å²) in [5, 5.41) is 3.08. The van der Waals surface area contributed by atoms with Crippen LogP contribution < -0.4 is 5.32 Å². The Hall–Kier alpha value is -2.80. The van der Waals surface area contributed by atoms with Crippen LogP contribution in [0.2, 0.25) is 5.02 Å². The number of carbonyl (C=O) groups excluding carboxylic acids is 1. The number of halogens is 4. The van der Waals surface area contributed by atoms with Gasteiger partial charge in [-0.15, -0.1) is 0 Å². The third-order valence-corrected chi connectivity index (χ3v) is 4.68. The summed E-state index contributed by atoms with van der Waals surface area (Å²) in [4.78, 5) is 16.9. The highest BCUT2D eigenvalue weighted by atomic mass is 35.5. The summed E-state index contributed by atoms with van der Waals surface area (Å²) in [6, 6.07) is 10.3. The SMILES string of the molecule is CC(C)(C)c1ncc(C(=O)NC(c2ccc(Cl)cc2)c2ccccc2C(F)(F)F)o1. The number of benzene rings is 2. The highest BCUT2D eigenvalue weighted by Gasteiger charge is 2.36. The third-order valence-electron chi connectivity index (χ3n) is 4.43. The van der Waals surface area contributed by atoms with Gasteiger partial charge in [0.25, 0.3) is 5.91 Å². The maximum absolute atomic E-state index is 13.6. The first kappa shape index (κ1) is 21.9. The standard InChI is InChI=1S/C22H20ClF3N2O2/c1-21(2,3)20-27-12-17(30-20)19(29)28-18(13-8-10-14(23)11-9-13)15-6-4-5-7-16(15)22(24,25)26/h4-12,18H,1-3H3,(H,28,29). The van der Waals surface area contributed by atoms with Crippen LogP contribution in [0.15, 0.2) is 59.1 Å². The van der Waals surface area contributed by atoms with Gasteiger partial charge in [-0.2, -0.15) is 13.2 Å². The Morgan fingerprint density at radius 2 is 1.70 bits per heavy atom. The van der Waals surface area contributed by atoms with Gasteiger partial charge < -0.3 is 9.73 Å². The summed E-state index contributed by atoms with van der Waals surface area (Å²) in [6.45, 7) is 5.61. The molecule has 1 unspecified atom stereocenters. The van der Waals surface area contributed by atoms with Crippen molar-refractivity contribution in [2.45, 2.75) is 38.4 Å². The van der Waals surface area contributed by atoms with Gasteiger partial charge in [0.1, 0.15) is 0 Å². The van der Waals surface area contributed by atoms with Crippen molar-refractivity contribution in [3.63, 3.8) is 0 Å². The van der Waals surface area contributed by atoms with Crippen molar-refractivity contribution in [3.05, 3.63) is 88.1 Å². The van der Waals surface area contributed by atoms with Crippen molar-refractivity contribution in [1.82, 2.24) is 10.3 Å². The van der Waals surface area contributed by atoms with E-state index in [1.165, 1.54) is 24.4 Å². The van der Waals surface area contributed by atoms with Crippen LogP contribution in [0.25, 0.3) is 0 Å². The Balaban J connectivity index is 2.03. The minimum absolute atomic E-state index is 0.0802. The molecule has 30 heavy (non-hydrogen) atoms. The molecule has 0 aliphatic rings. The van der Waals surface area contributed by atoms with Crippen molar-refractivity contribution in [3.8, 4) is 0 Å². The Morgan fingerprint density at radius 3 is 2.27 bits per heavy atom. The molecule has 0 saturated heterocycles. The second-order valence-electron chi connectivity index (χ2n) is 7.82. The molecule has 0 fully saturated rings. The fourth-order valence-electron chi connectivity index (χ4n) is 2.93. The number of nitrogens with one attached hydrogen (secondary N) is 1. The number of hydrogen-bond donors (Lipinski definition) is 1. The predicted octanol–water partition coefficient (Wildman–Crippen LogP) is 6.16. The molecular formula is C22H20ClF3N2O2. The van der Waals surface area contributed by atoms with Gasteiger partial charge in [-0.1, -0.05) is 62.7 Å². The number of rotatable bonds is 4. The van der Waals surface area contributed by atoms with Crippen LogP contribution in [0, 0.1) is 0 Å². The molecule has 0 saturated carbocycles. The molecule has 3 aromatic rings. The van der Waals surface area contributed by atoms with E-state index < -0.39 is 29.1 Å². The lowest BCUT2D eigenvalue weighted by Crippen LogP contribution is -2.30. The quantitative estimate of drug-likeness (QED) is 0.532. The molecule has 1 amide bonds. The number of carbonyl (C=O) groups is 1. The molecule has 8 heteroatoms. The lowest BCUT2D eigenvalue weighted by molar-refractivity contribution is -0.138. The molecule has 1 atom stereocenters. The topological polar surface area (TPSA) is 55.1 Å². The van der Waals surface area contributed by atoms with Crippen molar-refractivity contribution >= 4 is 17.5 Å². The Morgan fingerprint density at radius 1 is 1.07 bits per heavy atom. The third kappa shape index (κ3) is 4.84. The molecule has 0 aliphatic carbocycles. The number of aromatic nitrogens is 1. The molecule has 3 rings (SSSR count). The van der Waals surface area contributed by atoms with Crippen molar-refractivity contribution in [2.24, 2.45) is 0 Å². The van der Waals surface area contributed by atoms with Crippen molar-refractivity contribution < 1.29 is 22.4 Å². The molecule has 0 radical (unpaired) electrons. The second kappa shape index (κ2) is 8.14. The van der Waals surface area contributed by atoms with E-state index >= 15 is 0 Å². The van der Waals surface area contributed by atoms with Gasteiger partial charge in [-0.25, -0.2) is 4.98 Å². The lowest BCUT2D eigenvalue weighted by Gasteiger charge is -2.23. The first-order chi connectivity index (χ1) is 14.0. The van der Waals surface area contributed by atoms with Crippen LogP contribution in [0.5, 0.6) is 0 Å². The van der Waals surface area contributed by atoms with E-state index in [9.17, 15) is 18.0 Å². The summed E-state index contributed by atoms with van der Waals surface area (Å²) >= 11 is 5.92. The van der Waals surface area contributed by atoms with E-state index in [0.717, 1.165) is 6.07 Å². The van der Waals surface area contributed by atoms with Gasteiger partial charge in [0, 0.05) is 10.4 Å². The summed E-state index contributed by atoms with van der Waals surface area (Å²) in [6.07, 6.45) is -3.32. The molecule has 4 nitrogen and oxygen atoms in total. The smallest absolute Gasteiger partial charge is 0.416 e. The largest absolute Gasteiger partial charge is 0.435 e.